The number of fused-ring (bicyclic) bond motifs is 2. The largest absolute Gasteiger partial charge is 0.490 e. The lowest BCUT2D eigenvalue weighted by molar-refractivity contribution is -0.0240. The number of ether oxygens (including phenoxy) is 4. The number of phosphoric acid groups is 3. The summed E-state index contributed by atoms with van der Waals surface area (Å²) >= 11 is 0. The molecule has 2 aliphatic heterocycles. The van der Waals surface area contributed by atoms with Crippen molar-refractivity contribution in [3.8, 4) is 23.2 Å². The molecule has 1 saturated heterocycles. The molecule has 35 heteroatoms. The van der Waals surface area contributed by atoms with Crippen LogP contribution >= 0.6 is 66.6 Å². The second kappa shape index (κ2) is 25.0. The van der Waals surface area contributed by atoms with Crippen LogP contribution in [0.25, 0.3) is 12.2 Å². The molecular formula is C40H50BN2O23P3S6. The second-order valence-corrected chi connectivity index (χ2v) is 30.7. The van der Waals surface area contributed by atoms with E-state index >= 15 is 0 Å². The summed E-state index contributed by atoms with van der Waals surface area (Å²) in [6, 6.07) is 7.94. The maximum atomic E-state index is 13.5. The van der Waals surface area contributed by atoms with Gasteiger partial charge in [-0.2, -0.15) is 31.3 Å². The molecule has 75 heavy (non-hydrogen) atoms. The zero-order valence-electron chi connectivity index (χ0n) is 40.0. The van der Waals surface area contributed by atoms with Gasteiger partial charge in [0.05, 0.1) is 24.0 Å². The maximum Gasteiger partial charge on any atom is 0.490 e. The molecule has 3 aromatic rings. The number of nitrogens with two attached hydrogens (primary N) is 1. The smallest absolute Gasteiger partial charge is 0.478 e. The highest BCUT2D eigenvalue weighted by Gasteiger charge is 2.43. The highest BCUT2D eigenvalue weighted by Crippen LogP contribution is 2.66. The van der Waals surface area contributed by atoms with Crippen LogP contribution in [-0.2, 0) is 61.3 Å². The van der Waals surface area contributed by atoms with Crippen molar-refractivity contribution in [2.75, 3.05) is 37.4 Å². The number of aromatic carboxylic acids is 1. The predicted molar refractivity (Wildman–Crippen MR) is 282 cm³/mol. The zero-order valence-corrected chi connectivity index (χ0v) is 47.5. The van der Waals surface area contributed by atoms with Crippen LogP contribution in [0.5, 0.6) is 11.5 Å². The van der Waals surface area contributed by atoms with Gasteiger partial charge in [-0.05, 0) is 61.4 Å². The Labute approximate surface area is 446 Å². The normalized spacial score (nSPS) is 18.6. The Morgan fingerprint density at radius 2 is 1.55 bits per heavy atom. The quantitative estimate of drug-likeness (QED) is 0.00683. The summed E-state index contributed by atoms with van der Waals surface area (Å²) in [7, 11) is -21.2. The number of anilines is 1. The Morgan fingerprint density at radius 3 is 2.17 bits per heavy atom. The molecule has 0 spiro atoms. The number of rotatable bonds is 24. The average molecular weight is 1220 g/mol. The molecule has 1 amide bonds. The molecule has 0 aromatic heterocycles. The molecule has 2 heterocycles. The lowest BCUT2D eigenvalue weighted by atomic mass is 9.71. The third-order valence-electron chi connectivity index (χ3n) is 9.83. The Balaban J connectivity index is 1.18. The monoisotopic (exact) mass is 1220 g/mol. The first-order valence-corrected chi connectivity index (χ1v) is 33.3. The van der Waals surface area contributed by atoms with E-state index in [1.165, 1.54) is 62.7 Å². The van der Waals surface area contributed by atoms with Gasteiger partial charge < -0.3 is 54.7 Å². The molecule has 2 unspecified atom stereocenters. The van der Waals surface area contributed by atoms with Gasteiger partial charge >= 0.3 is 29.4 Å². The molecule has 25 nitrogen and oxygen atoms in total. The Hall–Kier alpha value is -2.93. The van der Waals surface area contributed by atoms with Crippen molar-refractivity contribution in [2.24, 2.45) is 0 Å². The zero-order chi connectivity index (χ0) is 56.1. The van der Waals surface area contributed by atoms with E-state index in [1.54, 1.807) is 10.8 Å². The number of hydrogen-bond donors (Lipinski definition) is 9. The van der Waals surface area contributed by atoms with Crippen LogP contribution in [0.2, 0.25) is 0 Å². The van der Waals surface area contributed by atoms with E-state index in [0.29, 0.717) is 0 Å². The number of amides is 1. The van der Waals surface area contributed by atoms with Gasteiger partial charge in [-0.3, -0.25) is 18.4 Å². The Morgan fingerprint density at radius 1 is 0.893 bits per heavy atom. The van der Waals surface area contributed by atoms with Crippen molar-refractivity contribution in [2.45, 2.75) is 78.5 Å². The molecule has 3 aromatic carbocycles. The predicted octanol–water partition coefficient (Wildman–Crippen LogP) is 4.47. The molecule has 412 valence electrons. The van der Waals surface area contributed by atoms with E-state index in [0.717, 1.165) is 12.1 Å². The number of benzene rings is 3. The first-order chi connectivity index (χ1) is 34.5. The van der Waals surface area contributed by atoms with Crippen LogP contribution in [0.15, 0.2) is 52.3 Å². The van der Waals surface area contributed by atoms with E-state index in [4.69, 9.17) is 39.0 Å². The van der Waals surface area contributed by atoms with Crippen molar-refractivity contribution < 1.29 is 106 Å². The van der Waals surface area contributed by atoms with Gasteiger partial charge in [0.1, 0.15) is 29.5 Å². The number of phosphoric ester groups is 1. The molecule has 5 atom stereocenters. The molecule has 0 saturated carbocycles. The second-order valence-electron chi connectivity index (χ2n) is 17.5. The fourth-order valence-electron chi connectivity index (χ4n) is 6.96. The highest BCUT2D eigenvalue weighted by atomic mass is 33.1. The van der Waals surface area contributed by atoms with Crippen LogP contribution in [0, 0.1) is 11.7 Å². The van der Waals surface area contributed by atoms with Crippen molar-refractivity contribution in [3.05, 3.63) is 75.2 Å². The van der Waals surface area contributed by atoms with Gasteiger partial charge in [-0.1, -0.05) is 88.6 Å². The van der Waals surface area contributed by atoms with Crippen LogP contribution in [-0.4, -0.2) is 129 Å². The van der Waals surface area contributed by atoms with Crippen molar-refractivity contribution in [3.63, 3.8) is 0 Å². The molecule has 1 fully saturated rings. The minimum Gasteiger partial charge on any atom is -0.478 e. The number of carboxylic acid groups (broad SMARTS) is 1. The van der Waals surface area contributed by atoms with E-state index in [-0.39, 0.29) is 76.2 Å². The molecular weight excluding hydrogens is 1170 g/mol. The fourth-order valence-corrected chi connectivity index (χ4v) is 15.7. The fraction of sp³-hybridized carbons (Fsp3) is 0.400. The first-order valence-electron chi connectivity index (χ1n) is 21.3. The van der Waals surface area contributed by atoms with E-state index < -0.39 is 118 Å². The van der Waals surface area contributed by atoms with Gasteiger partial charge in [0.2, 0.25) is 7.28 Å². The summed E-state index contributed by atoms with van der Waals surface area (Å²) in [6.07, 6.45) is -1.42. The molecule has 5 rings (SSSR count). The Bertz CT molecular complexity index is 3260. The minimum atomic E-state index is -5.73. The number of hydrogen-bond acceptors (Lipinski definition) is 21. The van der Waals surface area contributed by atoms with Crippen molar-refractivity contribution in [1.82, 2.24) is 5.32 Å². The average Bonchev–Trinajstić information content (AvgIpc) is 3.65. The first kappa shape index (κ1) is 62.9. The van der Waals surface area contributed by atoms with Crippen LogP contribution in [0.1, 0.15) is 72.9 Å². The third kappa shape index (κ3) is 18.3. The summed E-state index contributed by atoms with van der Waals surface area (Å²) in [6.45, 7) is 12.7. The summed E-state index contributed by atoms with van der Waals surface area (Å²) in [5.41, 5.74) is 4.45. The lowest BCUT2D eigenvalue weighted by Crippen LogP contribution is -2.36. The standard InChI is InChI=1S/C40H50BN2O23P3S6/c1-22-8-10-25-32(26-12-13-28(42)36(75(57,58)59)34(26)64-33(25)35(22)74(54,55)56)24-11-9-23(16-27(24)38(45)46)37(44)43-19-40(5,6)73-70-20-60-15-7-14-41-31-17-29(61-21-71-72-39(2,3)4)30(63-31)18-62-68(50,51)66-69(52,53)65-67(47,48)49/h8-13,16,29-31,41H,1,15,17-21,42H2,2-6H3,(H,43,44)(H,45,46)(H,50,51)(H,52,53)(H2,47,48,49)(H,54,55,56)(H,57,58,59)/t29-,30-,31-/m1/s1. The molecule has 0 aliphatic carbocycles. The van der Waals surface area contributed by atoms with Crippen molar-refractivity contribution in [1.29, 1.82) is 0 Å². The highest BCUT2D eigenvalue weighted by molar-refractivity contribution is 8.77. The van der Waals surface area contributed by atoms with E-state index in [9.17, 15) is 64.1 Å². The summed E-state index contributed by atoms with van der Waals surface area (Å²) in [4.78, 5) is 61.5. The lowest BCUT2D eigenvalue weighted by Gasteiger charge is -2.25. The summed E-state index contributed by atoms with van der Waals surface area (Å²) in [5, 5.41) is 12.8. The van der Waals surface area contributed by atoms with Crippen LogP contribution in [0.3, 0.4) is 0 Å². The summed E-state index contributed by atoms with van der Waals surface area (Å²) in [5.74, 6) is 2.63. The Kier molecular flexibility index (Phi) is 21.0. The topological polar surface area (TPSA) is 398 Å². The molecule has 0 radical (unpaired) electrons. The van der Waals surface area contributed by atoms with Crippen molar-refractivity contribution >= 4 is 124 Å². The van der Waals surface area contributed by atoms with Crippen LogP contribution in [0.4, 0.5) is 5.69 Å². The van der Waals surface area contributed by atoms with Gasteiger partial charge in [-0.25, -0.2) is 18.5 Å². The maximum absolute atomic E-state index is 13.5. The van der Waals surface area contributed by atoms with E-state index in [1.807, 2.05) is 34.6 Å². The van der Waals surface area contributed by atoms with Gasteiger partial charge in [0.15, 0.2) is 16.4 Å². The SMILES string of the molecule is C=c1ccc2c(c1S(=O)(=O)O)Oc1c(ccc(N)c1S(=O)(=O)O)C=2c1ccc(C(=O)NCC(C)(C)SSCOCC#CB[C@H]2C[C@@H](OCSSC(C)(C)C)[C@@H](COP(=O)(O)OP(=O)(O)OP(=O)(O)O)O2)cc1C(=O)O. The van der Waals surface area contributed by atoms with Gasteiger partial charge in [-0.15, -0.1) is 0 Å². The van der Waals surface area contributed by atoms with E-state index in [2.05, 4.69) is 32.3 Å². The number of nitrogens with one attached hydrogen (secondary N) is 1. The number of carbonyl (C=O) groups excluding carboxylic acids is 1. The van der Waals surface area contributed by atoms with Gasteiger partial charge in [0, 0.05) is 44.0 Å². The number of carboxylic acids is 1. The molecule has 10 N–H and O–H groups in total. The van der Waals surface area contributed by atoms with Crippen LogP contribution < -0.4 is 26.2 Å². The number of carbonyl (C=O) groups is 2. The van der Waals surface area contributed by atoms with Gasteiger partial charge in [0.25, 0.3) is 26.1 Å². The molecule has 0 bridgehead atoms. The molecule has 2 aliphatic rings. The summed E-state index contributed by atoms with van der Waals surface area (Å²) < 4.78 is 141. The minimum absolute atomic E-state index is 0.00700. The number of nitrogen functional groups attached to an aromatic ring is 1. The third-order valence-corrected chi connectivity index (χ3v) is 21.5.